The zero-order valence-electron chi connectivity index (χ0n) is 11.4. The van der Waals surface area contributed by atoms with Gasteiger partial charge in [0.25, 0.3) is 5.91 Å². The number of benzene rings is 2. The largest absolute Gasteiger partial charge is 0.345 e. The van der Waals surface area contributed by atoms with Crippen molar-refractivity contribution in [3.8, 4) is 0 Å². The molecule has 1 unspecified atom stereocenters. The van der Waals surface area contributed by atoms with Crippen LogP contribution in [0.15, 0.2) is 60.7 Å². The first-order valence-corrected chi connectivity index (χ1v) is 6.57. The van der Waals surface area contributed by atoms with Gasteiger partial charge in [-0.25, -0.2) is 0 Å². The van der Waals surface area contributed by atoms with Gasteiger partial charge in [0.15, 0.2) is 0 Å². The Morgan fingerprint density at radius 1 is 0.950 bits per heavy atom. The van der Waals surface area contributed by atoms with E-state index in [1.54, 1.807) is 12.1 Å². The Labute approximate surface area is 118 Å². The second-order valence-corrected chi connectivity index (χ2v) is 4.71. The molecule has 0 fully saturated rings. The van der Waals surface area contributed by atoms with E-state index >= 15 is 0 Å². The lowest BCUT2D eigenvalue weighted by Gasteiger charge is -2.18. The zero-order chi connectivity index (χ0) is 14.4. The molecule has 0 aliphatic carbocycles. The topological polar surface area (TPSA) is 46.2 Å². The maximum Gasteiger partial charge on any atom is 0.251 e. The summed E-state index contributed by atoms with van der Waals surface area (Å²) in [5.41, 5.74) is 1.53. The summed E-state index contributed by atoms with van der Waals surface area (Å²) in [6, 6.07) is 18.3. The first-order chi connectivity index (χ1) is 9.66. The van der Waals surface area contributed by atoms with E-state index in [0.717, 1.165) is 5.56 Å². The molecule has 0 aliphatic heterocycles. The van der Waals surface area contributed by atoms with E-state index in [1.807, 2.05) is 48.5 Å². The Hall–Kier alpha value is -2.42. The van der Waals surface area contributed by atoms with E-state index in [2.05, 4.69) is 5.32 Å². The Bertz CT molecular complexity index is 578. The van der Waals surface area contributed by atoms with Gasteiger partial charge in [-0.15, -0.1) is 0 Å². The van der Waals surface area contributed by atoms with Crippen molar-refractivity contribution in [1.82, 2.24) is 5.32 Å². The number of amides is 1. The second-order valence-electron chi connectivity index (χ2n) is 4.71. The van der Waals surface area contributed by atoms with Gasteiger partial charge < -0.3 is 5.32 Å². The molecule has 2 rings (SSSR count). The maximum absolute atomic E-state index is 12.2. The number of carbonyl (C=O) groups is 2. The highest BCUT2D eigenvalue weighted by atomic mass is 16.2. The van der Waals surface area contributed by atoms with Gasteiger partial charge in [0.2, 0.25) is 0 Å². The molecule has 0 bridgehead atoms. The minimum Gasteiger partial charge on any atom is -0.345 e. The van der Waals surface area contributed by atoms with E-state index < -0.39 is 0 Å². The molecule has 1 amide bonds. The van der Waals surface area contributed by atoms with Gasteiger partial charge in [0, 0.05) is 12.0 Å². The Morgan fingerprint density at radius 2 is 1.50 bits per heavy atom. The van der Waals surface area contributed by atoms with Gasteiger partial charge in [0.05, 0.1) is 6.04 Å². The van der Waals surface area contributed by atoms with Crippen LogP contribution >= 0.6 is 0 Å². The smallest absolute Gasteiger partial charge is 0.251 e. The van der Waals surface area contributed by atoms with Crippen molar-refractivity contribution in [2.45, 2.75) is 19.4 Å². The summed E-state index contributed by atoms with van der Waals surface area (Å²) in [6.45, 7) is 1.53. The second kappa shape index (κ2) is 6.66. The van der Waals surface area contributed by atoms with Crippen LogP contribution < -0.4 is 5.32 Å². The Balaban J connectivity index is 2.16. The predicted octanol–water partition coefficient (Wildman–Crippen LogP) is 3.14. The predicted molar refractivity (Wildman–Crippen MR) is 78.4 cm³/mol. The molecule has 102 valence electrons. The average Bonchev–Trinajstić information content (AvgIpc) is 2.48. The lowest BCUT2D eigenvalue weighted by atomic mass is 10.0. The number of hydrogen-bond acceptors (Lipinski definition) is 2. The van der Waals surface area contributed by atoms with Crippen molar-refractivity contribution >= 4 is 11.7 Å². The average molecular weight is 267 g/mol. The molecule has 3 nitrogen and oxygen atoms in total. The van der Waals surface area contributed by atoms with Crippen molar-refractivity contribution in [2.75, 3.05) is 0 Å². The number of nitrogens with one attached hydrogen (secondary N) is 1. The molecule has 0 radical (unpaired) electrons. The molecule has 0 saturated heterocycles. The third-order valence-corrected chi connectivity index (χ3v) is 3.03. The van der Waals surface area contributed by atoms with Gasteiger partial charge in [-0.05, 0) is 24.6 Å². The Kier molecular flexibility index (Phi) is 4.66. The van der Waals surface area contributed by atoms with Crippen LogP contribution in [0, 0.1) is 0 Å². The molecule has 2 aromatic rings. The molecule has 2 aromatic carbocycles. The molecule has 3 heteroatoms. The summed E-state index contributed by atoms with van der Waals surface area (Å²) < 4.78 is 0. The molecular formula is C17H17NO2. The molecular weight excluding hydrogens is 250 g/mol. The lowest BCUT2D eigenvalue weighted by Crippen LogP contribution is -2.29. The quantitative estimate of drug-likeness (QED) is 0.904. The molecule has 0 heterocycles. The fraction of sp³-hybridized carbons (Fsp3) is 0.176. The summed E-state index contributed by atoms with van der Waals surface area (Å²) >= 11 is 0. The number of hydrogen-bond donors (Lipinski definition) is 1. The minimum absolute atomic E-state index is 0.0483. The van der Waals surface area contributed by atoms with Crippen molar-refractivity contribution in [1.29, 1.82) is 0 Å². The van der Waals surface area contributed by atoms with Crippen molar-refractivity contribution in [3.05, 3.63) is 71.8 Å². The summed E-state index contributed by atoms with van der Waals surface area (Å²) in [6.07, 6.45) is 0.294. The van der Waals surface area contributed by atoms with Crippen LogP contribution in [0.5, 0.6) is 0 Å². The van der Waals surface area contributed by atoms with Gasteiger partial charge in [-0.3, -0.25) is 9.59 Å². The molecule has 0 saturated carbocycles. The van der Waals surface area contributed by atoms with Gasteiger partial charge >= 0.3 is 0 Å². The fourth-order valence-electron chi connectivity index (χ4n) is 2.06. The van der Waals surface area contributed by atoms with Crippen LogP contribution in [-0.2, 0) is 4.79 Å². The third kappa shape index (κ3) is 3.79. The SMILES string of the molecule is CC(=O)CC(NC(=O)c1ccccc1)c1ccccc1. The number of Topliss-reactive ketones (excluding diaryl/α,β-unsaturated/α-hetero) is 1. The highest BCUT2D eigenvalue weighted by molar-refractivity contribution is 5.94. The summed E-state index contributed by atoms with van der Waals surface area (Å²) in [7, 11) is 0. The minimum atomic E-state index is -0.290. The summed E-state index contributed by atoms with van der Waals surface area (Å²) in [4.78, 5) is 23.6. The van der Waals surface area contributed by atoms with Crippen LogP contribution in [0.1, 0.15) is 35.3 Å². The van der Waals surface area contributed by atoms with Crippen molar-refractivity contribution in [3.63, 3.8) is 0 Å². The zero-order valence-corrected chi connectivity index (χ0v) is 11.4. The highest BCUT2D eigenvalue weighted by Gasteiger charge is 2.17. The molecule has 0 aromatic heterocycles. The molecule has 0 spiro atoms. The first kappa shape index (κ1) is 14.0. The van der Waals surface area contributed by atoms with Gasteiger partial charge in [-0.1, -0.05) is 48.5 Å². The van der Waals surface area contributed by atoms with Gasteiger partial charge in [-0.2, -0.15) is 0 Å². The number of ketones is 1. The van der Waals surface area contributed by atoms with Crippen LogP contribution in [0.4, 0.5) is 0 Å². The van der Waals surface area contributed by atoms with Crippen LogP contribution in [0.25, 0.3) is 0 Å². The summed E-state index contributed by atoms with van der Waals surface area (Å²) in [5.74, 6) is -0.118. The van der Waals surface area contributed by atoms with Gasteiger partial charge in [0.1, 0.15) is 5.78 Å². The van der Waals surface area contributed by atoms with E-state index in [-0.39, 0.29) is 17.7 Å². The van der Waals surface area contributed by atoms with Crippen LogP contribution in [0.2, 0.25) is 0 Å². The molecule has 1 N–H and O–H groups in total. The van der Waals surface area contributed by atoms with E-state index in [0.29, 0.717) is 12.0 Å². The molecule has 1 atom stereocenters. The standard InChI is InChI=1S/C17H17NO2/c1-13(19)12-16(14-8-4-2-5-9-14)18-17(20)15-10-6-3-7-11-15/h2-11,16H,12H2,1H3,(H,18,20). The van der Waals surface area contributed by atoms with E-state index in [4.69, 9.17) is 0 Å². The van der Waals surface area contributed by atoms with E-state index in [1.165, 1.54) is 6.92 Å². The first-order valence-electron chi connectivity index (χ1n) is 6.57. The van der Waals surface area contributed by atoms with Crippen LogP contribution in [-0.4, -0.2) is 11.7 Å². The van der Waals surface area contributed by atoms with Crippen LogP contribution in [0.3, 0.4) is 0 Å². The van der Waals surface area contributed by atoms with E-state index in [9.17, 15) is 9.59 Å². The molecule has 20 heavy (non-hydrogen) atoms. The highest BCUT2D eigenvalue weighted by Crippen LogP contribution is 2.17. The summed E-state index contributed by atoms with van der Waals surface area (Å²) in [5, 5.41) is 2.92. The fourth-order valence-corrected chi connectivity index (χ4v) is 2.06. The monoisotopic (exact) mass is 267 g/mol. The Morgan fingerprint density at radius 3 is 2.05 bits per heavy atom. The molecule has 0 aliphatic rings. The lowest BCUT2D eigenvalue weighted by molar-refractivity contribution is -0.117. The number of carbonyl (C=O) groups excluding carboxylic acids is 2. The maximum atomic E-state index is 12.2. The van der Waals surface area contributed by atoms with Crippen molar-refractivity contribution < 1.29 is 9.59 Å². The van der Waals surface area contributed by atoms with Crippen molar-refractivity contribution in [2.24, 2.45) is 0 Å². The number of rotatable bonds is 5. The normalized spacial score (nSPS) is 11.7. The third-order valence-electron chi connectivity index (χ3n) is 3.03.